The summed E-state index contributed by atoms with van der Waals surface area (Å²) in [4.78, 5) is 39.4. The molecule has 1 saturated heterocycles. The van der Waals surface area contributed by atoms with Crippen molar-refractivity contribution >= 4 is 163 Å². The molecule has 60 heavy (non-hydrogen) atoms. The third kappa shape index (κ3) is 12.9. The number of fused-ring (bicyclic) bond motifs is 11. The van der Waals surface area contributed by atoms with Crippen molar-refractivity contribution in [3.63, 3.8) is 0 Å². The second kappa shape index (κ2) is 28.1. The molecule has 4 aromatic carbocycles. The van der Waals surface area contributed by atoms with Crippen molar-refractivity contribution in [1.82, 2.24) is 4.57 Å². The van der Waals surface area contributed by atoms with Crippen LogP contribution in [0.5, 0.6) is 0 Å². The van der Waals surface area contributed by atoms with E-state index in [2.05, 4.69) is 92.8 Å². The topological polar surface area (TPSA) is 59.4 Å². The molecule has 0 saturated carbocycles. The van der Waals surface area contributed by atoms with Crippen LogP contribution in [0.4, 0.5) is 5.69 Å². The number of thioether (sulfide) groups is 2. The van der Waals surface area contributed by atoms with Crippen molar-refractivity contribution in [3.8, 4) is 11.3 Å². The van der Waals surface area contributed by atoms with Gasteiger partial charge >= 0.3 is 0 Å². The number of para-hydroxylation sites is 2. The van der Waals surface area contributed by atoms with Gasteiger partial charge in [-0.05, 0) is 71.3 Å². The molecule has 4 aliphatic heterocycles. The molecule has 1 fully saturated rings. The van der Waals surface area contributed by atoms with Gasteiger partial charge in [-0.25, -0.2) is 0 Å². The zero-order chi connectivity index (χ0) is 38.3. The first-order valence-electron chi connectivity index (χ1n) is 16.3. The number of carbonyl (C=O) groups is 2. The average Bonchev–Trinajstić information content (AvgIpc) is 3.84. The zero-order valence-electron chi connectivity index (χ0n) is 30.8. The van der Waals surface area contributed by atoms with Crippen LogP contribution in [0.3, 0.4) is 0 Å². The molecule has 0 aliphatic carbocycles. The molecule has 5 radical (unpaired) electrons. The number of aromatic nitrogens is 1. The van der Waals surface area contributed by atoms with Crippen molar-refractivity contribution in [2.24, 2.45) is 0 Å². The summed E-state index contributed by atoms with van der Waals surface area (Å²) < 4.78 is 1.58. The van der Waals surface area contributed by atoms with E-state index in [1.807, 2.05) is 89.1 Å². The van der Waals surface area contributed by atoms with Gasteiger partial charge in [-0.2, -0.15) is 0 Å². The van der Waals surface area contributed by atoms with Crippen LogP contribution < -0.4 is 10.3 Å². The molecular weight excluding hydrogens is 1220 g/mol. The van der Waals surface area contributed by atoms with E-state index >= 15 is 0 Å². The van der Waals surface area contributed by atoms with Gasteiger partial charge in [0.2, 0.25) is 0 Å². The van der Waals surface area contributed by atoms with Crippen LogP contribution in [0.1, 0.15) is 39.3 Å². The number of amides is 1. The molecule has 25 heteroatoms. The van der Waals surface area contributed by atoms with Crippen molar-refractivity contribution in [1.29, 1.82) is 0 Å². The summed E-state index contributed by atoms with van der Waals surface area (Å²) >= 11 is 3.96. The van der Waals surface area contributed by atoms with E-state index in [0.29, 0.717) is 22.2 Å². The first kappa shape index (κ1) is 62.2. The molecule has 1 aromatic heterocycles. The minimum Gasteiger partial charge on any atom is -0.289 e. The monoisotopic (exact) mass is 1260 g/mol. The second-order valence-electron chi connectivity index (χ2n) is 12.0. The second-order valence-corrected chi connectivity index (χ2v) is 62.5. The summed E-state index contributed by atoms with van der Waals surface area (Å²) in [7, 11) is 22.2. The fourth-order valence-electron chi connectivity index (χ4n) is 6.74. The Balaban J connectivity index is 0.000000443. The molecule has 9 atom stereocenters. The Morgan fingerprint density at radius 3 is 1.67 bits per heavy atom. The van der Waals surface area contributed by atoms with Gasteiger partial charge in [-0.15, -0.1) is 86.0 Å². The van der Waals surface area contributed by atoms with Gasteiger partial charge in [-0.1, -0.05) is 82.1 Å². The third-order valence-corrected chi connectivity index (χ3v) is 85.6. The SMILES string of the molecule is C.O=C1c2ccccc2-c2cc(=O)c3ccccc3n21.O=C1c2ccccc2C2=CC3(SCCS3)c3ccccc3N12.PPP(P(P)P)P(P(P)P)P(P)P.[V].[V].[V].[V].[V]. The van der Waals surface area contributed by atoms with Crippen LogP contribution in [0.25, 0.3) is 27.9 Å². The number of nitrogens with zero attached hydrogens (tertiary/aromatic N) is 2. The van der Waals surface area contributed by atoms with E-state index in [9.17, 15) is 14.4 Å². The number of hydrogen-bond donors (Lipinski definition) is 0. The van der Waals surface area contributed by atoms with E-state index in [1.54, 1.807) is 22.8 Å². The number of rotatable bonds is 5. The van der Waals surface area contributed by atoms with Crippen molar-refractivity contribution in [3.05, 3.63) is 142 Å². The summed E-state index contributed by atoms with van der Waals surface area (Å²) in [5, 5.41) is 0.576. The quantitative estimate of drug-likeness (QED) is 0.161. The molecule has 0 bridgehead atoms. The molecule has 5 heterocycles. The summed E-state index contributed by atoms with van der Waals surface area (Å²) in [5.41, 5.74) is 8.02. The summed E-state index contributed by atoms with van der Waals surface area (Å²) in [6.07, 6.45) is 2.31. The van der Waals surface area contributed by atoms with Crippen LogP contribution in [-0.4, -0.2) is 27.9 Å². The number of hydrogen-bond acceptors (Lipinski definition) is 5. The largest absolute Gasteiger partial charge is 0.289 e. The number of carbonyl (C=O) groups excluding carboxylic acids is 2. The summed E-state index contributed by atoms with van der Waals surface area (Å²) in [6.45, 7) is 0.866. The molecule has 9 rings (SSSR count). The smallest absolute Gasteiger partial charge is 0.263 e. The molecule has 311 valence electrons. The first-order chi connectivity index (χ1) is 26.0. The first-order valence-corrected chi connectivity index (χ1v) is 41.1. The van der Waals surface area contributed by atoms with Gasteiger partial charge in [0.25, 0.3) is 11.8 Å². The maximum atomic E-state index is 12.9. The number of pyridine rings is 1. The van der Waals surface area contributed by atoms with Crippen LogP contribution >= 0.6 is 129 Å². The van der Waals surface area contributed by atoms with E-state index in [-0.39, 0.29) is 156 Å². The minimum absolute atomic E-state index is 0. The van der Waals surface area contributed by atoms with Crippen molar-refractivity contribution < 1.29 is 102 Å². The Hall–Kier alpha value is 4.18. The predicted molar refractivity (Wildman–Crippen MR) is 285 cm³/mol. The van der Waals surface area contributed by atoms with Gasteiger partial charge in [-0.3, -0.25) is 23.9 Å². The van der Waals surface area contributed by atoms with Crippen molar-refractivity contribution in [2.75, 3.05) is 16.4 Å². The van der Waals surface area contributed by atoms with Crippen molar-refractivity contribution in [2.45, 2.75) is 11.5 Å². The van der Waals surface area contributed by atoms with Gasteiger partial charge in [0.1, 0.15) is 4.08 Å². The Morgan fingerprint density at radius 2 is 1.12 bits per heavy atom. The van der Waals surface area contributed by atoms with Gasteiger partial charge in [0.05, 0.1) is 22.6 Å². The van der Waals surface area contributed by atoms with Crippen LogP contribution in [-0.2, 0) is 96.9 Å². The van der Waals surface area contributed by atoms with E-state index < -0.39 is 0 Å². The molecule has 1 amide bonds. The molecule has 5 aromatic rings. The van der Waals surface area contributed by atoms with E-state index in [0.717, 1.165) is 47.5 Å². The van der Waals surface area contributed by atoms with E-state index in [1.165, 1.54) is 5.56 Å². The third-order valence-electron chi connectivity index (χ3n) is 8.91. The summed E-state index contributed by atoms with van der Waals surface area (Å²) in [6, 6.07) is 32.4. The predicted octanol–water partition coefficient (Wildman–Crippen LogP) is 14.8. The van der Waals surface area contributed by atoms with Crippen LogP contribution in [0.2, 0.25) is 0 Å². The Bertz CT molecular complexity index is 2370. The Morgan fingerprint density at radius 1 is 0.617 bits per heavy atom. The Kier molecular flexibility index (Phi) is 29.2. The van der Waals surface area contributed by atoms with Crippen LogP contribution in [0.15, 0.2) is 114 Å². The zero-order valence-corrected chi connectivity index (χ0v) is 52.9. The number of anilines is 1. The normalized spacial score (nSPS) is 15.0. The molecule has 9 unspecified atom stereocenters. The van der Waals surface area contributed by atoms with Gasteiger partial charge in [0.15, 0.2) is 5.43 Å². The maximum Gasteiger partial charge on any atom is 0.263 e. The Labute approximate surface area is 445 Å². The van der Waals surface area contributed by atoms with E-state index in [4.69, 9.17) is 0 Å². The molecule has 0 N–H and O–H groups in total. The molecule has 5 nitrogen and oxygen atoms in total. The average molecular weight is 1260 g/mol. The fraction of sp³-hybridized carbons (Fsp3) is 0.114. The molecule has 1 spiro atoms. The maximum absolute atomic E-state index is 12.9. The standard InChI is InChI=1S/C18H13NOS2.C16H9NO2.CH4.H15P13.5V/c20-17-13-6-2-1-5-12(13)16-11-18(21-9-10-22-18)14-7-3-4-8-15(14)19(16)17;18-15-9-14-10-5-1-2-6-11(10)16(19)17(14)13-8-4-3-7-12(13)15;;1-8-12(9(2)3)13(10(4)5)11(6)7;;;;;/h1-8,11H,9-10H2;1-9H;1H4;8H,1-7H2;;;;;. The molecular formula is C35H41N2O3P13S2V5. The summed E-state index contributed by atoms with van der Waals surface area (Å²) in [5.74, 6) is 2.33. The molecule has 4 aliphatic rings. The van der Waals surface area contributed by atoms with Gasteiger partial charge in [0, 0.05) is 144 Å². The van der Waals surface area contributed by atoms with Gasteiger partial charge < -0.3 is 0 Å². The number of benzene rings is 4. The fourth-order valence-corrected chi connectivity index (χ4v) is 137. The van der Waals surface area contributed by atoms with Crippen LogP contribution in [0, 0.1) is 0 Å². The minimum atomic E-state index is -0.0678.